The molecule has 1 aliphatic carbocycles. The molecule has 2 aliphatic rings. The second kappa shape index (κ2) is 7.28. The maximum atomic E-state index is 9.30. The van der Waals surface area contributed by atoms with Gasteiger partial charge in [-0.2, -0.15) is 0 Å². The van der Waals surface area contributed by atoms with Crippen LogP contribution in [0.5, 0.6) is 0 Å². The van der Waals surface area contributed by atoms with Crippen LogP contribution in [0.25, 0.3) is 11.3 Å². The Hall–Kier alpha value is -1.69. The van der Waals surface area contributed by atoms with Crippen molar-refractivity contribution in [3.8, 4) is 11.3 Å². The summed E-state index contributed by atoms with van der Waals surface area (Å²) >= 11 is 0. The minimum Gasteiger partial charge on any atom is -0.396 e. The Morgan fingerprint density at radius 3 is 2.52 bits per heavy atom. The van der Waals surface area contributed by atoms with Gasteiger partial charge in [0.25, 0.3) is 0 Å². The van der Waals surface area contributed by atoms with Crippen LogP contribution in [-0.2, 0) is 11.2 Å². The first kappa shape index (κ1) is 16.8. The van der Waals surface area contributed by atoms with E-state index in [2.05, 4.69) is 10.5 Å². The van der Waals surface area contributed by atoms with E-state index in [-0.39, 0.29) is 5.54 Å². The van der Waals surface area contributed by atoms with Gasteiger partial charge in [-0.3, -0.25) is 0 Å². The number of rotatable bonds is 6. The minimum atomic E-state index is -0.0262. The van der Waals surface area contributed by atoms with Crippen molar-refractivity contribution >= 4 is 0 Å². The average Bonchev–Trinajstić information content (AvgIpc) is 3.10. The van der Waals surface area contributed by atoms with Gasteiger partial charge in [-0.1, -0.05) is 35.5 Å². The van der Waals surface area contributed by atoms with Gasteiger partial charge >= 0.3 is 0 Å². The smallest absolute Gasteiger partial charge is 0.167 e. The molecular weight excluding hydrogens is 316 g/mol. The Labute approximate surface area is 148 Å². The summed E-state index contributed by atoms with van der Waals surface area (Å²) in [5.74, 6) is 1.30. The normalized spacial score (nSPS) is 25.5. The molecule has 5 heteroatoms. The molecule has 2 heterocycles. The highest BCUT2D eigenvalue weighted by molar-refractivity contribution is 5.56. The summed E-state index contributed by atoms with van der Waals surface area (Å²) in [4.78, 5) is 0. The highest BCUT2D eigenvalue weighted by atomic mass is 16.5. The maximum Gasteiger partial charge on any atom is 0.167 e. The first-order valence-corrected chi connectivity index (χ1v) is 9.24. The molecule has 1 saturated heterocycles. The van der Waals surface area contributed by atoms with Gasteiger partial charge in [-0.15, -0.1) is 0 Å². The second-order valence-electron chi connectivity index (χ2n) is 7.54. The molecule has 4 rings (SSSR count). The number of benzene rings is 1. The van der Waals surface area contributed by atoms with Crippen LogP contribution in [0.4, 0.5) is 0 Å². The molecule has 25 heavy (non-hydrogen) atoms. The van der Waals surface area contributed by atoms with Crippen molar-refractivity contribution in [1.29, 1.82) is 0 Å². The molecule has 2 fully saturated rings. The summed E-state index contributed by atoms with van der Waals surface area (Å²) in [6.07, 6.45) is 5.28. The number of aliphatic hydroxyl groups is 1. The van der Waals surface area contributed by atoms with E-state index in [4.69, 9.17) is 9.26 Å². The van der Waals surface area contributed by atoms with Crippen LogP contribution in [0.3, 0.4) is 0 Å². The molecule has 2 aromatic rings. The third-order valence-corrected chi connectivity index (χ3v) is 5.51. The van der Waals surface area contributed by atoms with Crippen molar-refractivity contribution in [3.63, 3.8) is 0 Å². The Kier molecular flexibility index (Phi) is 4.88. The number of nitrogens with zero attached hydrogens (tertiary/aromatic N) is 1. The molecule has 1 aromatic carbocycles. The quantitative estimate of drug-likeness (QED) is 0.845. The van der Waals surface area contributed by atoms with E-state index >= 15 is 0 Å². The van der Waals surface area contributed by atoms with Gasteiger partial charge in [-0.25, -0.2) is 0 Å². The van der Waals surface area contributed by atoms with Crippen molar-refractivity contribution in [2.75, 3.05) is 19.8 Å². The van der Waals surface area contributed by atoms with Crippen molar-refractivity contribution in [2.45, 2.75) is 43.7 Å². The van der Waals surface area contributed by atoms with Gasteiger partial charge in [0.2, 0.25) is 0 Å². The molecule has 0 unspecified atom stereocenters. The molecule has 134 valence electrons. The van der Waals surface area contributed by atoms with Crippen molar-refractivity contribution in [2.24, 2.45) is 5.92 Å². The SMILES string of the molecule is OCC1CCC(NC2(Cc3cc(-c4ccccc4)on3)COC2)CC1. The summed E-state index contributed by atoms with van der Waals surface area (Å²) in [5, 5.41) is 17.4. The van der Waals surface area contributed by atoms with Crippen LogP contribution in [-0.4, -0.2) is 41.7 Å². The lowest BCUT2D eigenvalue weighted by molar-refractivity contribution is -0.0823. The first-order valence-electron chi connectivity index (χ1n) is 9.24. The lowest BCUT2D eigenvalue weighted by Crippen LogP contribution is -2.64. The van der Waals surface area contributed by atoms with Gasteiger partial charge in [-0.05, 0) is 31.6 Å². The van der Waals surface area contributed by atoms with Gasteiger partial charge in [0, 0.05) is 30.7 Å². The lowest BCUT2D eigenvalue weighted by Gasteiger charge is -2.45. The molecule has 1 aliphatic heterocycles. The van der Waals surface area contributed by atoms with E-state index in [1.54, 1.807) is 0 Å². The molecule has 0 bridgehead atoms. The first-order chi connectivity index (χ1) is 12.3. The largest absolute Gasteiger partial charge is 0.396 e. The fourth-order valence-electron chi connectivity index (χ4n) is 3.99. The molecule has 0 radical (unpaired) electrons. The zero-order valence-corrected chi connectivity index (χ0v) is 14.5. The Morgan fingerprint density at radius 1 is 1.12 bits per heavy atom. The lowest BCUT2D eigenvalue weighted by atomic mass is 9.83. The van der Waals surface area contributed by atoms with E-state index in [0.29, 0.717) is 18.6 Å². The average molecular weight is 342 g/mol. The molecular formula is C20H26N2O3. The van der Waals surface area contributed by atoms with Crippen LogP contribution >= 0.6 is 0 Å². The minimum absolute atomic E-state index is 0.0262. The number of ether oxygens (including phenoxy) is 1. The third-order valence-electron chi connectivity index (χ3n) is 5.51. The number of hydrogen-bond acceptors (Lipinski definition) is 5. The Bertz CT molecular complexity index is 673. The predicted octanol–water partition coefficient (Wildman–Crippen LogP) is 2.79. The molecule has 0 spiro atoms. The summed E-state index contributed by atoms with van der Waals surface area (Å²) in [7, 11) is 0. The second-order valence-corrected chi connectivity index (χ2v) is 7.54. The van der Waals surface area contributed by atoms with E-state index in [9.17, 15) is 5.11 Å². The van der Waals surface area contributed by atoms with Gasteiger partial charge in [0.15, 0.2) is 5.76 Å². The van der Waals surface area contributed by atoms with Gasteiger partial charge in [0.1, 0.15) is 0 Å². The molecule has 5 nitrogen and oxygen atoms in total. The summed E-state index contributed by atoms with van der Waals surface area (Å²) < 4.78 is 11.1. The molecule has 2 N–H and O–H groups in total. The fraction of sp³-hybridized carbons (Fsp3) is 0.550. The Morgan fingerprint density at radius 2 is 1.88 bits per heavy atom. The summed E-state index contributed by atoms with van der Waals surface area (Å²) in [5.41, 5.74) is 2.00. The number of aliphatic hydroxyl groups excluding tert-OH is 1. The van der Waals surface area contributed by atoms with E-state index in [1.807, 2.05) is 36.4 Å². The van der Waals surface area contributed by atoms with Gasteiger partial charge < -0.3 is 19.7 Å². The number of aromatic nitrogens is 1. The van der Waals surface area contributed by atoms with E-state index in [1.165, 1.54) is 0 Å². The van der Waals surface area contributed by atoms with Gasteiger partial charge in [0.05, 0.1) is 24.4 Å². The standard InChI is InChI=1S/C20H26N2O3/c23-12-15-6-8-17(9-7-15)21-20(13-24-14-20)11-18-10-19(25-22-18)16-4-2-1-3-5-16/h1-5,10,15,17,21,23H,6-9,11-14H2. The highest BCUT2D eigenvalue weighted by Crippen LogP contribution is 2.30. The fourth-order valence-corrected chi connectivity index (χ4v) is 3.99. The third kappa shape index (κ3) is 3.78. The van der Waals surface area contributed by atoms with Crippen molar-refractivity contribution in [3.05, 3.63) is 42.1 Å². The van der Waals surface area contributed by atoms with Crippen LogP contribution in [0, 0.1) is 5.92 Å². The zero-order valence-electron chi connectivity index (χ0n) is 14.5. The predicted molar refractivity (Wildman–Crippen MR) is 95.2 cm³/mol. The van der Waals surface area contributed by atoms with E-state index in [0.717, 1.165) is 62.3 Å². The summed E-state index contributed by atoms with van der Waals surface area (Å²) in [6, 6.07) is 12.6. The van der Waals surface area contributed by atoms with Crippen molar-refractivity contribution in [1.82, 2.24) is 10.5 Å². The van der Waals surface area contributed by atoms with Crippen LogP contribution < -0.4 is 5.32 Å². The monoisotopic (exact) mass is 342 g/mol. The van der Waals surface area contributed by atoms with Crippen LogP contribution in [0.15, 0.2) is 40.9 Å². The summed E-state index contributed by atoms with van der Waals surface area (Å²) in [6.45, 7) is 1.77. The van der Waals surface area contributed by atoms with Crippen LogP contribution in [0.1, 0.15) is 31.4 Å². The highest BCUT2D eigenvalue weighted by Gasteiger charge is 2.41. The number of hydrogen-bond donors (Lipinski definition) is 2. The Balaban J connectivity index is 1.39. The van der Waals surface area contributed by atoms with Crippen LogP contribution in [0.2, 0.25) is 0 Å². The van der Waals surface area contributed by atoms with E-state index < -0.39 is 0 Å². The number of nitrogens with one attached hydrogen (secondary N) is 1. The van der Waals surface area contributed by atoms with Crippen molar-refractivity contribution < 1.29 is 14.4 Å². The molecule has 1 saturated carbocycles. The maximum absolute atomic E-state index is 9.30. The topological polar surface area (TPSA) is 67.5 Å². The molecule has 0 amide bonds. The molecule has 0 atom stereocenters. The zero-order chi connectivity index (χ0) is 17.1. The molecule has 1 aromatic heterocycles.